The molecule has 36 heavy (non-hydrogen) atoms. The molecule has 0 bridgehead atoms. The van der Waals surface area contributed by atoms with Crippen molar-refractivity contribution in [2.75, 3.05) is 18.5 Å². The maximum Gasteiger partial charge on any atom is 0.335 e. The molecule has 1 aliphatic heterocycles. The lowest BCUT2D eigenvalue weighted by molar-refractivity contribution is -0.120. The monoisotopic (exact) mass is 491 g/mol. The van der Waals surface area contributed by atoms with Gasteiger partial charge in [0, 0.05) is 40.4 Å². The van der Waals surface area contributed by atoms with Gasteiger partial charge < -0.3 is 30.6 Å². The number of rotatable bonds is 9. The van der Waals surface area contributed by atoms with Crippen LogP contribution in [0.25, 0.3) is 10.9 Å². The fourth-order valence-corrected chi connectivity index (χ4v) is 5.70. The lowest BCUT2D eigenvalue weighted by Gasteiger charge is -2.28. The van der Waals surface area contributed by atoms with E-state index < -0.39 is 17.5 Å². The highest BCUT2D eigenvalue weighted by Gasteiger charge is 2.50. The normalized spacial score (nSPS) is 17.4. The van der Waals surface area contributed by atoms with Gasteiger partial charge in [-0.2, -0.15) is 0 Å². The Labute approximate surface area is 210 Å². The molecule has 3 aromatic rings. The number of hydrogen-bond donors (Lipinski definition) is 5. The van der Waals surface area contributed by atoms with Crippen LogP contribution in [-0.2, 0) is 16.6 Å². The average Bonchev–Trinajstić information content (AvgIpc) is 3.55. The third kappa shape index (κ3) is 4.47. The van der Waals surface area contributed by atoms with Gasteiger partial charge in [-0.05, 0) is 62.9 Å². The number of hydrogen-bond acceptors (Lipinski definition) is 5. The number of β-amino-alcohol motifs (C(OH)–C–C–N with tert-alkyl or cyclic N) is 1. The number of nitrogens with one attached hydrogen (secondary N) is 3. The number of anilines is 1. The van der Waals surface area contributed by atoms with Crippen molar-refractivity contribution in [2.45, 2.75) is 63.0 Å². The summed E-state index contributed by atoms with van der Waals surface area (Å²) in [5.41, 5.74) is 3.06. The number of ether oxygens (including phenoxy) is 1. The largest absolute Gasteiger partial charge is 0.490 e. The molecule has 1 fully saturated rings. The lowest BCUT2D eigenvalue weighted by Crippen LogP contribution is -2.46. The quantitative estimate of drug-likeness (QED) is 0.309. The first-order valence-corrected chi connectivity index (χ1v) is 12.5. The van der Waals surface area contributed by atoms with E-state index in [1.807, 2.05) is 30.5 Å². The third-order valence-electron chi connectivity index (χ3n) is 7.54. The summed E-state index contributed by atoms with van der Waals surface area (Å²) in [5.74, 6) is -0.218. The molecular weight excluding hydrogens is 458 g/mol. The van der Waals surface area contributed by atoms with Gasteiger partial charge in [0.1, 0.15) is 18.5 Å². The van der Waals surface area contributed by atoms with E-state index in [4.69, 9.17) is 4.74 Å². The van der Waals surface area contributed by atoms with Gasteiger partial charge in [-0.1, -0.05) is 25.0 Å². The molecule has 2 aliphatic rings. The molecule has 8 nitrogen and oxygen atoms in total. The molecule has 2 heterocycles. The van der Waals surface area contributed by atoms with Crippen molar-refractivity contribution in [1.82, 2.24) is 10.3 Å². The van der Waals surface area contributed by atoms with E-state index in [-0.39, 0.29) is 23.6 Å². The molecule has 1 aromatic heterocycles. The molecule has 2 aromatic carbocycles. The number of aromatic carboxylic acids is 1. The minimum Gasteiger partial charge on any atom is -0.490 e. The Morgan fingerprint density at radius 1 is 1.22 bits per heavy atom. The van der Waals surface area contributed by atoms with Crippen LogP contribution in [0, 0.1) is 0 Å². The standard InChI is InChI=1S/C28H33N3O5/c1-27(2,13-18-14-29-22-12-17(25(33)34)8-9-20(18)22)30-15-19(32)16-36-23-7-5-6-21-24(23)28(26(35)31-21)10-3-4-11-28/h5-9,12,14,19,29-30,32H,3-4,10-11,13,15-16H2,1-2H3,(H,31,35)(H,33,34)/t19-/m0/s1. The number of H-pyrrole nitrogens is 1. The molecular formula is C28H33N3O5. The third-order valence-corrected chi connectivity index (χ3v) is 7.54. The fourth-order valence-electron chi connectivity index (χ4n) is 5.70. The molecule has 1 atom stereocenters. The lowest BCUT2D eigenvalue weighted by atomic mass is 9.79. The van der Waals surface area contributed by atoms with Crippen molar-refractivity contribution in [3.05, 3.63) is 59.3 Å². The van der Waals surface area contributed by atoms with Crippen LogP contribution in [0.15, 0.2) is 42.6 Å². The van der Waals surface area contributed by atoms with E-state index in [1.54, 1.807) is 12.1 Å². The van der Waals surface area contributed by atoms with Crippen LogP contribution in [0.3, 0.4) is 0 Å². The number of carbonyl (C=O) groups excluding carboxylic acids is 1. The first kappa shape index (κ1) is 24.3. The van der Waals surface area contributed by atoms with Crippen molar-refractivity contribution in [2.24, 2.45) is 0 Å². The average molecular weight is 492 g/mol. The van der Waals surface area contributed by atoms with Crippen LogP contribution < -0.4 is 15.4 Å². The topological polar surface area (TPSA) is 124 Å². The van der Waals surface area contributed by atoms with Crippen molar-refractivity contribution in [3.63, 3.8) is 0 Å². The summed E-state index contributed by atoms with van der Waals surface area (Å²) < 4.78 is 6.07. The second kappa shape index (κ2) is 9.26. The molecule has 0 unspecified atom stereocenters. The number of aliphatic hydroxyl groups is 1. The molecule has 1 amide bonds. The number of carboxylic acid groups (broad SMARTS) is 1. The number of aliphatic hydroxyl groups excluding tert-OH is 1. The molecule has 190 valence electrons. The number of aromatic amines is 1. The van der Waals surface area contributed by atoms with Gasteiger partial charge in [-0.25, -0.2) is 4.79 Å². The van der Waals surface area contributed by atoms with Crippen molar-refractivity contribution < 1.29 is 24.5 Å². The van der Waals surface area contributed by atoms with Crippen LogP contribution in [0.4, 0.5) is 5.69 Å². The Morgan fingerprint density at radius 2 is 2.00 bits per heavy atom. The minimum atomic E-state index is -0.951. The summed E-state index contributed by atoms with van der Waals surface area (Å²) in [6, 6.07) is 10.8. The highest BCUT2D eigenvalue weighted by molar-refractivity contribution is 6.07. The summed E-state index contributed by atoms with van der Waals surface area (Å²) in [5, 5.41) is 27.3. The number of aromatic nitrogens is 1. The molecule has 0 radical (unpaired) electrons. The minimum absolute atomic E-state index is 0.0616. The van der Waals surface area contributed by atoms with E-state index in [9.17, 15) is 19.8 Å². The summed E-state index contributed by atoms with van der Waals surface area (Å²) in [4.78, 5) is 27.2. The molecule has 1 saturated carbocycles. The summed E-state index contributed by atoms with van der Waals surface area (Å²) >= 11 is 0. The highest BCUT2D eigenvalue weighted by atomic mass is 16.5. The van der Waals surface area contributed by atoms with Gasteiger partial charge in [0.25, 0.3) is 0 Å². The van der Waals surface area contributed by atoms with Crippen LogP contribution in [0.5, 0.6) is 5.75 Å². The maximum atomic E-state index is 12.8. The molecule has 5 N–H and O–H groups in total. The number of carboxylic acids is 1. The van der Waals surface area contributed by atoms with Crippen LogP contribution in [-0.4, -0.2) is 51.9 Å². The summed E-state index contributed by atoms with van der Waals surface area (Å²) in [7, 11) is 0. The van der Waals surface area contributed by atoms with Gasteiger partial charge in [-0.3, -0.25) is 4.79 Å². The molecule has 1 spiro atoms. The van der Waals surface area contributed by atoms with Crippen molar-refractivity contribution in [3.8, 4) is 5.75 Å². The van der Waals surface area contributed by atoms with E-state index >= 15 is 0 Å². The van der Waals surface area contributed by atoms with Gasteiger partial charge in [0.2, 0.25) is 5.91 Å². The molecule has 5 rings (SSSR count). The number of fused-ring (bicyclic) bond motifs is 3. The molecule has 1 aliphatic carbocycles. The van der Waals surface area contributed by atoms with Crippen molar-refractivity contribution in [1.29, 1.82) is 0 Å². The predicted molar refractivity (Wildman–Crippen MR) is 138 cm³/mol. The zero-order chi connectivity index (χ0) is 25.5. The second-order valence-electron chi connectivity index (χ2n) is 10.7. The zero-order valence-electron chi connectivity index (χ0n) is 20.7. The van der Waals surface area contributed by atoms with E-state index in [0.717, 1.165) is 53.4 Å². The maximum absolute atomic E-state index is 12.8. The van der Waals surface area contributed by atoms with Gasteiger partial charge >= 0.3 is 5.97 Å². The van der Waals surface area contributed by atoms with Gasteiger partial charge in [0.15, 0.2) is 0 Å². The number of amides is 1. The second-order valence-corrected chi connectivity index (χ2v) is 10.7. The van der Waals surface area contributed by atoms with E-state index in [2.05, 4.69) is 29.5 Å². The SMILES string of the molecule is CC(C)(Cc1c[nH]c2cc(C(=O)O)ccc12)NC[C@H](O)COc1cccc2c1C1(CCCC1)C(=O)N2. The van der Waals surface area contributed by atoms with Gasteiger partial charge in [0.05, 0.1) is 11.0 Å². The number of carbonyl (C=O) groups is 2. The molecule has 8 heteroatoms. The predicted octanol–water partition coefficient (Wildman–Crippen LogP) is 3.98. The first-order valence-electron chi connectivity index (χ1n) is 12.5. The summed E-state index contributed by atoms with van der Waals surface area (Å²) in [6.45, 7) is 4.59. The highest BCUT2D eigenvalue weighted by Crippen LogP contribution is 2.52. The molecule has 0 saturated heterocycles. The van der Waals surface area contributed by atoms with Crippen LogP contribution in [0.2, 0.25) is 0 Å². The Hall–Kier alpha value is -3.36. The first-order chi connectivity index (χ1) is 17.2. The fraction of sp³-hybridized carbons (Fsp3) is 0.429. The zero-order valence-corrected chi connectivity index (χ0v) is 20.7. The summed E-state index contributed by atoms with van der Waals surface area (Å²) in [6.07, 6.45) is 5.58. The smallest absolute Gasteiger partial charge is 0.335 e. The Kier molecular flexibility index (Phi) is 6.26. The Morgan fingerprint density at radius 3 is 2.75 bits per heavy atom. The Bertz CT molecular complexity index is 1310. The van der Waals surface area contributed by atoms with Gasteiger partial charge in [-0.15, -0.1) is 0 Å². The van der Waals surface area contributed by atoms with Crippen molar-refractivity contribution >= 4 is 28.5 Å². The Balaban J connectivity index is 1.20. The van der Waals surface area contributed by atoms with E-state index in [1.165, 1.54) is 0 Å². The van der Waals surface area contributed by atoms with E-state index in [0.29, 0.717) is 18.7 Å². The number of benzene rings is 2. The van der Waals surface area contributed by atoms with Crippen LogP contribution >= 0.6 is 0 Å². The van der Waals surface area contributed by atoms with Crippen LogP contribution in [0.1, 0.15) is 61.0 Å².